The first-order valence-corrected chi connectivity index (χ1v) is 3.87. The van der Waals surface area contributed by atoms with Gasteiger partial charge in [-0.05, 0) is 6.42 Å². The summed E-state index contributed by atoms with van der Waals surface area (Å²) in [6, 6.07) is 0. The minimum atomic E-state index is -4.33. The summed E-state index contributed by atoms with van der Waals surface area (Å²) in [5, 5.41) is 8.87. The van der Waals surface area contributed by atoms with E-state index in [9.17, 15) is 13.2 Å². The van der Waals surface area contributed by atoms with Crippen LogP contribution in [0.25, 0.3) is 0 Å². The predicted molar refractivity (Wildman–Crippen MR) is 38.2 cm³/mol. The van der Waals surface area contributed by atoms with Crippen molar-refractivity contribution >= 4 is 11.6 Å². The van der Waals surface area contributed by atoms with Crippen molar-refractivity contribution in [2.45, 2.75) is 18.7 Å². The second-order valence-corrected chi connectivity index (χ2v) is 2.64. The molecule has 2 nitrogen and oxygen atoms in total. The molecule has 0 aliphatic rings. The molecule has 0 saturated carbocycles. The number of hydrogen-bond donors (Lipinski definition) is 1. The summed E-state index contributed by atoms with van der Waals surface area (Å²) in [5.41, 5.74) is 0. The molecule has 0 rings (SSSR count). The highest BCUT2D eigenvalue weighted by Gasteiger charge is 2.27. The summed E-state index contributed by atoms with van der Waals surface area (Å²) >= 11 is 5.23. The molecule has 0 aromatic rings. The van der Waals surface area contributed by atoms with Crippen molar-refractivity contribution in [3.63, 3.8) is 0 Å². The Morgan fingerprint density at radius 2 is 2.00 bits per heavy atom. The lowest BCUT2D eigenvalue weighted by Gasteiger charge is -2.10. The number of alkyl halides is 4. The first-order chi connectivity index (χ1) is 5.45. The van der Waals surface area contributed by atoms with Crippen LogP contribution in [0.15, 0.2) is 0 Å². The van der Waals surface area contributed by atoms with Crippen LogP contribution in [0.4, 0.5) is 13.2 Å². The molecule has 1 atom stereocenters. The van der Waals surface area contributed by atoms with Gasteiger partial charge < -0.3 is 9.84 Å². The largest absolute Gasteiger partial charge is 0.411 e. The van der Waals surface area contributed by atoms with Crippen LogP contribution in [0.5, 0.6) is 0 Å². The van der Waals surface area contributed by atoms with Gasteiger partial charge in [-0.2, -0.15) is 13.2 Å². The highest BCUT2D eigenvalue weighted by molar-refractivity contribution is 6.17. The van der Waals surface area contributed by atoms with Crippen LogP contribution in [0.2, 0.25) is 0 Å². The number of aliphatic hydroxyl groups excluding tert-OH is 1. The molecule has 1 N–H and O–H groups in total. The van der Waals surface area contributed by atoms with Crippen LogP contribution in [-0.2, 0) is 4.74 Å². The third kappa shape index (κ3) is 8.10. The van der Waals surface area contributed by atoms with Gasteiger partial charge in [0.25, 0.3) is 0 Å². The average molecular weight is 207 g/mol. The normalized spacial score (nSPS) is 14.8. The van der Waals surface area contributed by atoms with E-state index >= 15 is 0 Å². The molecule has 0 aliphatic heterocycles. The highest BCUT2D eigenvalue weighted by Crippen LogP contribution is 2.14. The molecule has 0 spiro atoms. The number of hydrogen-bond acceptors (Lipinski definition) is 2. The Bertz CT molecular complexity index is 118. The molecule has 6 heteroatoms. The Kier molecular flexibility index (Phi) is 5.61. The van der Waals surface area contributed by atoms with E-state index in [1.165, 1.54) is 0 Å². The molecule has 0 amide bonds. The highest BCUT2D eigenvalue weighted by atomic mass is 35.5. The van der Waals surface area contributed by atoms with E-state index in [0.717, 1.165) is 0 Å². The first-order valence-electron chi connectivity index (χ1n) is 3.34. The van der Waals surface area contributed by atoms with E-state index in [1.54, 1.807) is 0 Å². The summed E-state index contributed by atoms with van der Waals surface area (Å²) < 4.78 is 38.6. The van der Waals surface area contributed by atoms with Gasteiger partial charge in [0.1, 0.15) is 6.61 Å². The number of ether oxygens (including phenoxy) is 1. The van der Waals surface area contributed by atoms with Crippen molar-refractivity contribution < 1.29 is 23.0 Å². The molecular formula is C6H10ClF3O2. The van der Waals surface area contributed by atoms with Gasteiger partial charge in [0, 0.05) is 5.88 Å². The van der Waals surface area contributed by atoms with Crippen molar-refractivity contribution in [1.29, 1.82) is 0 Å². The molecule has 12 heavy (non-hydrogen) atoms. The molecule has 74 valence electrons. The Balaban J connectivity index is 3.31. The molecule has 0 saturated heterocycles. The fraction of sp³-hybridized carbons (Fsp3) is 1.00. The molecule has 0 bridgehead atoms. The zero-order valence-electron chi connectivity index (χ0n) is 6.27. The van der Waals surface area contributed by atoms with Crippen LogP contribution < -0.4 is 0 Å². The van der Waals surface area contributed by atoms with E-state index < -0.39 is 18.9 Å². The molecule has 0 radical (unpaired) electrons. The standard InChI is InChI=1S/C6H10ClF3O2/c7-2-1-5(11)3-12-4-6(8,9)10/h5,11H,1-4H2. The number of aliphatic hydroxyl groups is 1. The van der Waals surface area contributed by atoms with Crippen molar-refractivity contribution in [2.75, 3.05) is 19.1 Å². The van der Waals surface area contributed by atoms with E-state index in [-0.39, 0.29) is 18.9 Å². The van der Waals surface area contributed by atoms with Gasteiger partial charge in [0.2, 0.25) is 0 Å². The lowest BCUT2D eigenvalue weighted by molar-refractivity contribution is -0.179. The molecule has 0 aromatic heterocycles. The van der Waals surface area contributed by atoms with Gasteiger partial charge in [-0.15, -0.1) is 11.6 Å². The minimum absolute atomic E-state index is 0.205. The van der Waals surface area contributed by atoms with Crippen molar-refractivity contribution in [1.82, 2.24) is 0 Å². The average Bonchev–Trinajstić information content (AvgIpc) is 1.84. The van der Waals surface area contributed by atoms with Gasteiger partial charge in [0.15, 0.2) is 0 Å². The third-order valence-electron chi connectivity index (χ3n) is 1.02. The third-order valence-corrected chi connectivity index (χ3v) is 1.24. The number of halogens is 4. The Morgan fingerprint density at radius 3 is 2.42 bits per heavy atom. The summed E-state index contributed by atoms with van der Waals surface area (Å²) in [5.74, 6) is 0.205. The molecule has 0 aliphatic carbocycles. The number of rotatable bonds is 5. The maximum Gasteiger partial charge on any atom is 0.411 e. The molecule has 0 aromatic carbocycles. The van der Waals surface area contributed by atoms with Crippen LogP contribution >= 0.6 is 11.6 Å². The quantitative estimate of drug-likeness (QED) is 0.692. The zero-order valence-corrected chi connectivity index (χ0v) is 7.03. The van der Waals surface area contributed by atoms with Gasteiger partial charge >= 0.3 is 6.18 Å². The Hall–Kier alpha value is -0.0000000000000000555. The molecule has 1 unspecified atom stereocenters. The fourth-order valence-electron chi connectivity index (χ4n) is 0.520. The fourth-order valence-corrected chi connectivity index (χ4v) is 0.772. The van der Waals surface area contributed by atoms with E-state index in [0.29, 0.717) is 0 Å². The minimum Gasteiger partial charge on any atom is -0.391 e. The monoisotopic (exact) mass is 206 g/mol. The lowest BCUT2D eigenvalue weighted by atomic mass is 10.3. The summed E-state index contributed by atoms with van der Waals surface area (Å²) in [6.45, 7) is -1.65. The van der Waals surface area contributed by atoms with Gasteiger partial charge in [-0.25, -0.2) is 0 Å². The maximum atomic E-state index is 11.5. The predicted octanol–water partition coefficient (Wildman–Crippen LogP) is 1.56. The van der Waals surface area contributed by atoms with Crippen molar-refractivity contribution in [3.05, 3.63) is 0 Å². The second-order valence-electron chi connectivity index (χ2n) is 2.26. The lowest BCUT2D eigenvalue weighted by Crippen LogP contribution is -2.22. The van der Waals surface area contributed by atoms with Crippen molar-refractivity contribution in [2.24, 2.45) is 0 Å². The second kappa shape index (κ2) is 5.61. The van der Waals surface area contributed by atoms with Gasteiger partial charge in [-0.1, -0.05) is 0 Å². The van der Waals surface area contributed by atoms with E-state index in [4.69, 9.17) is 16.7 Å². The summed E-state index contributed by atoms with van der Waals surface area (Å²) in [4.78, 5) is 0. The van der Waals surface area contributed by atoms with Gasteiger partial charge in [-0.3, -0.25) is 0 Å². The zero-order chi connectivity index (χ0) is 9.61. The van der Waals surface area contributed by atoms with Gasteiger partial charge in [0.05, 0.1) is 12.7 Å². The van der Waals surface area contributed by atoms with Crippen LogP contribution in [-0.4, -0.2) is 36.5 Å². The summed E-state index contributed by atoms with van der Waals surface area (Å²) in [6.07, 6.45) is -5.01. The van der Waals surface area contributed by atoms with Crippen molar-refractivity contribution in [3.8, 4) is 0 Å². The smallest absolute Gasteiger partial charge is 0.391 e. The maximum absolute atomic E-state index is 11.5. The Labute approximate surface area is 73.3 Å². The topological polar surface area (TPSA) is 29.5 Å². The summed E-state index contributed by atoms with van der Waals surface area (Å²) in [7, 11) is 0. The first kappa shape index (κ1) is 12.0. The molecule has 0 fully saturated rings. The van der Waals surface area contributed by atoms with E-state index in [2.05, 4.69) is 4.74 Å². The van der Waals surface area contributed by atoms with E-state index in [1.807, 2.05) is 0 Å². The SMILES string of the molecule is OC(CCCl)COCC(F)(F)F. The van der Waals surface area contributed by atoms with Crippen LogP contribution in [0.3, 0.4) is 0 Å². The molecule has 0 heterocycles. The van der Waals surface area contributed by atoms with Crippen LogP contribution in [0.1, 0.15) is 6.42 Å². The van der Waals surface area contributed by atoms with Crippen LogP contribution in [0, 0.1) is 0 Å². The Morgan fingerprint density at radius 1 is 1.42 bits per heavy atom. The molecular weight excluding hydrogens is 197 g/mol.